The summed E-state index contributed by atoms with van der Waals surface area (Å²) >= 11 is 0. The Morgan fingerprint density at radius 1 is 1.44 bits per heavy atom. The fourth-order valence-electron chi connectivity index (χ4n) is 1.38. The Hall–Kier alpha value is -1.71. The molecule has 0 atom stereocenters. The van der Waals surface area contributed by atoms with Gasteiger partial charge in [-0.2, -0.15) is 0 Å². The summed E-state index contributed by atoms with van der Waals surface area (Å²) in [5, 5.41) is 10.6. The minimum absolute atomic E-state index is 0.170. The topological polar surface area (TPSA) is 58.6 Å². The zero-order valence-electron chi connectivity index (χ0n) is 9.49. The van der Waals surface area contributed by atoms with E-state index in [-0.39, 0.29) is 6.42 Å². The molecule has 0 aromatic heterocycles. The van der Waals surface area contributed by atoms with Crippen molar-refractivity contribution in [3.8, 4) is 11.5 Å². The summed E-state index contributed by atoms with van der Waals surface area (Å²) in [5.74, 6) is -0.0853. The first-order valence-corrected chi connectivity index (χ1v) is 5.17. The van der Waals surface area contributed by atoms with Gasteiger partial charge in [-0.3, -0.25) is 0 Å². The number of hydrogen-bond donors (Lipinski definition) is 0. The third-order valence-electron chi connectivity index (χ3n) is 2.07. The van der Waals surface area contributed by atoms with Gasteiger partial charge in [-0.1, -0.05) is 19.1 Å². The number of hydrogen-bond acceptors (Lipinski definition) is 4. The van der Waals surface area contributed by atoms with Gasteiger partial charge in [-0.25, -0.2) is 0 Å². The number of benzene rings is 1. The van der Waals surface area contributed by atoms with Gasteiger partial charge in [-0.05, 0) is 12.5 Å². The van der Waals surface area contributed by atoms with E-state index in [4.69, 9.17) is 9.47 Å². The molecule has 0 radical (unpaired) electrons. The molecule has 0 amide bonds. The van der Waals surface area contributed by atoms with Crippen molar-refractivity contribution in [3.05, 3.63) is 23.8 Å². The fraction of sp³-hybridized carbons (Fsp3) is 0.417. The van der Waals surface area contributed by atoms with Crippen LogP contribution in [-0.4, -0.2) is 19.7 Å². The maximum absolute atomic E-state index is 10.6. The van der Waals surface area contributed by atoms with Crippen LogP contribution in [0.25, 0.3) is 0 Å². The van der Waals surface area contributed by atoms with E-state index in [2.05, 4.69) is 0 Å². The lowest BCUT2D eigenvalue weighted by Crippen LogP contribution is -2.24. The molecule has 1 rings (SSSR count). The Bertz CT molecular complexity index is 360. The number of rotatable bonds is 6. The summed E-state index contributed by atoms with van der Waals surface area (Å²) in [6.07, 6.45) is 0.680. The number of aliphatic carboxylic acids is 1. The highest BCUT2D eigenvalue weighted by molar-refractivity contribution is 5.70. The van der Waals surface area contributed by atoms with Crippen molar-refractivity contribution in [2.45, 2.75) is 19.8 Å². The molecule has 0 unspecified atom stereocenters. The SMILES string of the molecule is CCCOc1c(CC(=O)[O-])cccc1OC. The van der Waals surface area contributed by atoms with Crippen LogP contribution in [0, 0.1) is 0 Å². The smallest absolute Gasteiger partial charge is 0.164 e. The van der Waals surface area contributed by atoms with E-state index < -0.39 is 5.97 Å². The van der Waals surface area contributed by atoms with Gasteiger partial charge in [0.15, 0.2) is 11.5 Å². The molecule has 1 aromatic carbocycles. The van der Waals surface area contributed by atoms with Crippen LogP contribution in [0.5, 0.6) is 11.5 Å². The summed E-state index contributed by atoms with van der Waals surface area (Å²) < 4.78 is 10.6. The summed E-state index contributed by atoms with van der Waals surface area (Å²) in [5.41, 5.74) is 0.577. The third-order valence-corrected chi connectivity index (χ3v) is 2.07. The highest BCUT2D eigenvalue weighted by Gasteiger charge is 2.10. The number of ether oxygens (including phenoxy) is 2. The second-order valence-electron chi connectivity index (χ2n) is 3.35. The molecular formula is C12H15O4-. The van der Waals surface area contributed by atoms with Crippen LogP contribution in [0.2, 0.25) is 0 Å². The van der Waals surface area contributed by atoms with Crippen LogP contribution < -0.4 is 14.6 Å². The van der Waals surface area contributed by atoms with E-state index in [0.717, 1.165) is 6.42 Å². The molecule has 0 spiro atoms. The number of carboxylic acids is 1. The number of carbonyl (C=O) groups excluding carboxylic acids is 1. The highest BCUT2D eigenvalue weighted by atomic mass is 16.5. The Kier molecular flexibility index (Phi) is 4.64. The first-order valence-electron chi connectivity index (χ1n) is 5.17. The molecular weight excluding hydrogens is 208 g/mol. The molecule has 0 aliphatic rings. The monoisotopic (exact) mass is 223 g/mol. The van der Waals surface area contributed by atoms with Crippen LogP contribution in [0.1, 0.15) is 18.9 Å². The van der Waals surface area contributed by atoms with E-state index >= 15 is 0 Å². The van der Waals surface area contributed by atoms with Gasteiger partial charge in [0.05, 0.1) is 13.7 Å². The molecule has 16 heavy (non-hydrogen) atoms. The fourth-order valence-corrected chi connectivity index (χ4v) is 1.38. The normalized spacial score (nSPS) is 9.88. The van der Waals surface area contributed by atoms with E-state index in [0.29, 0.717) is 23.7 Å². The van der Waals surface area contributed by atoms with Crippen molar-refractivity contribution in [1.29, 1.82) is 0 Å². The molecule has 0 aliphatic carbocycles. The Labute approximate surface area is 94.8 Å². The zero-order chi connectivity index (χ0) is 12.0. The minimum atomic E-state index is -1.13. The van der Waals surface area contributed by atoms with Gasteiger partial charge in [0.25, 0.3) is 0 Å². The van der Waals surface area contributed by atoms with Crippen molar-refractivity contribution in [1.82, 2.24) is 0 Å². The Morgan fingerprint density at radius 3 is 2.75 bits per heavy atom. The molecule has 1 aromatic rings. The summed E-state index contributed by atoms with van der Waals surface area (Å²) in [7, 11) is 1.52. The number of carboxylic acid groups (broad SMARTS) is 1. The quantitative estimate of drug-likeness (QED) is 0.715. The third kappa shape index (κ3) is 3.15. The van der Waals surface area contributed by atoms with Crippen molar-refractivity contribution >= 4 is 5.97 Å². The van der Waals surface area contributed by atoms with Crippen molar-refractivity contribution < 1.29 is 19.4 Å². The standard InChI is InChI=1S/C12H16O4/c1-3-7-16-12-9(8-11(13)14)5-4-6-10(12)15-2/h4-6H,3,7-8H2,1-2H3,(H,13,14)/p-1. The van der Waals surface area contributed by atoms with Crippen molar-refractivity contribution in [3.63, 3.8) is 0 Å². The predicted molar refractivity (Wildman–Crippen MR) is 57.5 cm³/mol. The zero-order valence-corrected chi connectivity index (χ0v) is 9.49. The molecule has 4 heteroatoms. The lowest BCUT2D eigenvalue weighted by atomic mass is 10.1. The van der Waals surface area contributed by atoms with Crippen molar-refractivity contribution in [2.24, 2.45) is 0 Å². The molecule has 0 saturated heterocycles. The molecule has 0 saturated carbocycles. The van der Waals surface area contributed by atoms with Gasteiger partial charge in [0, 0.05) is 18.0 Å². The lowest BCUT2D eigenvalue weighted by molar-refractivity contribution is -0.304. The number of methoxy groups -OCH3 is 1. The molecule has 0 bridgehead atoms. The largest absolute Gasteiger partial charge is 0.550 e. The number of para-hydroxylation sites is 1. The Morgan fingerprint density at radius 2 is 2.19 bits per heavy atom. The van der Waals surface area contributed by atoms with Crippen LogP contribution >= 0.6 is 0 Å². The molecule has 0 N–H and O–H groups in total. The maximum Gasteiger partial charge on any atom is 0.164 e. The van der Waals surface area contributed by atoms with Gasteiger partial charge < -0.3 is 19.4 Å². The second-order valence-corrected chi connectivity index (χ2v) is 3.35. The molecule has 88 valence electrons. The highest BCUT2D eigenvalue weighted by Crippen LogP contribution is 2.31. The van der Waals surface area contributed by atoms with E-state index in [1.54, 1.807) is 18.2 Å². The average molecular weight is 223 g/mol. The molecule has 4 nitrogen and oxygen atoms in total. The Balaban J connectivity index is 2.99. The maximum atomic E-state index is 10.6. The molecule has 0 fully saturated rings. The van der Waals surface area contributed by atoms with Crippen LogP contribution in [0.15, 0.2) is 18.2 Å². The predicted octanol–water partition coefficient (Wildman–Crippen LogP) is 0.776. The van der Waals surface area contributed by atoms with Crippen molar-refractivity contribution in [2.75, 3.05) is 13.7 Å². The minimum Gasteiger partial charge on any atom is -0.550 e. The first kappa shape index (κ1) is 12.4. The van der Waals surface area contributed by atoms with Crippen LogP contribution in [0.4, 0.5) is 0 Å². The van der Waals surface area contributed by atoms with Gasteiger partial charge >= 0.3 is 0 Å². The van der Waals surface area contributed by atoms with Gasteiger partial charge in [0.2, 0.25) is 0 Å². The van der Waals surface area contributed by atoms with Crippen LogP contribution in [0.3, 0.4) is 0 Å². The molecule has 0 aliphatic heterocycles. The van der Waals surface area contributed by atoms with Crippen LogP contribution in [-0.2, 0) is 11.2 Å². The number of carbonyl (C=O) groups is 1. The first-order chi connectivity index (χ1) is 7.69. The van der Waals surface area contributed by atoms with E-state index in [9.17, 15) is 9.90 Å². The summed E-state index contributed by atoms with van der Waals surface area (Å²) in [6.45, 7) is 2.51. The lowest BCUT2D eigenvalue weighted by Gasteiger charge is -2.14. The summed E-state index contributed by atoms with van der Waals surface area (Å²) in [4.78, 5) is 10.6. The van der Waals surface area contributed by atoms with E-state index in [1.807, 2.05) is 6.92 Å². The van der Waals surface area contributed by atoms with Gasteiger partial charge in [0.1, 0.15) is 0 Å². The van der Waals surface area contributed by atoms with Gasteiger partial charge in [-0.15, -0.1) is 0 Å². The summed E-state index contributed by atoms with van der Waals surface area (Å²) in [6, 6.07) is 5.17. The second kappa shape index (κ2) is 6.00. The average Bonchev–Trinajstić information content (AvgIpc) is 2.26. The van der Waals surface area contributed by atoms with E-state index in [1.165, 1.54) is 7.11 Å². The molecule has 0 heterocycles.